The Morgan fingerprint density at radius 3 is 2.10 bits per heavy atom. The number of aromatic nitrogens is 4. The number of rotatable bonds is 11. The van der Waals surface area contributed by atoms with Gasteiger partial charge in [0.1, 0.15) is 23.0 Å². The predicted molar refractivity (Wildman–Crippen MR) is 195 cm³/mol. The van der Waals surface area contributed by atoms with Crippen molar-refractivity contribution in [2.45, 2.75) is 81.9 Å². The van der Waals surface area contributed by atoms with Gasteiger partial charge in [-0.25, -0.2) is 9.37 Å². The number of alkyl halides is 1. The molecule has 0 unspecified atom stereocenters. The Hall–Kier alpha value is -4.36. The minimum absolute atomic E-state index is 0.0284. The molecule has 0 spiro atoms. The molecule has 50 heavy (non-hydrogen) atoms. The molecule has 2 aromatic heterocycles. The van der Waals surface area contributed by atoms with E-state index in [-0.39, 0.29) is 22.2 Å². The number of methoxy groups -OCH3 is 1. The lowest BCUT2D eigenvalue weighted by Crippen LogP contribution is -2.54. The van der Waals surface area contributed by atoms with Gasteiger partial charge in [0.15, 0.2) is 31.9 Å². The van der Waals surface area contributed by atoms with Crippen molar-refractivity contribution in [1.29, 1.82) is 0 Å². The van der Waals surface area contributed by atoms with Gasteiger partial charge < -0.3 is 24.3 Å². The Balaban J connectivity index is 1.49. The standard InChI is InChI=1S/C38H46FN5O5Si/c1-8-37(23-45)31(49-50(6,7)36(2,3)4)29(39)34(48-37)44-24-40-30-32(44)41-35(42-33(30)46)43-38(25-15-11-9-12-16-25,26-17-13-10-14-18-26)27-19-21-28(47-5)22-20-27/h9-22,24,29,31,34,45H,8,23H2,1-7H3,(H2,41,42,43,46)/t29-,31-,34+,37+/m0/s1. The van der Waals surface area contributed by atoms with Crippen LogP contribution in [0.1, 0.15) is 57.0 Å². The molecule has 264 valence electrons. The number of hydrogen-bond donors (Lipinski definition) is 3. The molecule has 12 heteroatoms. The van der Waals surface area contributed by atoms with Crippen LogP contribution in [0.5, 0.6) is 5.75 Å². The highest BCUT2D eigenvalue weighted by atomic mass is 28.4. The largest absolute Gasteiger partial charge is 0.497 e. The molecule has 5 aromatic rings. The van der Waals surface area contributed by atoms with Gasteiger partial charge in [0, 0.05) is 0 Å². The first-order valence-corrected chi connectivity index (χ1v) is 19.8. The van der Waals surface area contributed by atoms with Gasteiger partial charge >= 0.3 is 0 Å². The second-order valence-electron chi connectivity index (χ2n) is 14.4. The molecule has 0 saturated carbocycles. The first-order chi connectivity index (χ1) is 23.8. The number of nitrogens with zero attached hydrogens (tertiary/aromatic N) is 3. The van der Waals surface area contributed by atoms with Crippen molar-refractivity contribution in [3.63, 3.8) is 0 Å². The normalized spacial score (nSPS) is 21.4. The molecule has 0 amide bonds. The Morgan fingerprint density at radius 1 is 1.00 bits per heavy atom. The number of aliphatic hydroxyl groups is 1. The summed E-state index contributed by atoms with van der Waals surface area (Å²) in [4.78, 5) is 25.8. The van der Waals surface area contributed by atoms with E-state index in [1.807, 2.05) is 105 Å². The summed E-state index contributed by atoms with van der Waals surface area (Å²) in [6.07, 6.45) is -2.30. The lowest BCUT2D eigenvalue weighted by atomic mass is 9.77. The number of aliphatic hydroxyl groups excluding tert-OH is 1. The molecule has 0 radical (unpaired) electrons. The highest BCUT2D eigenvalue weighted by molar-refractivity contribution is 6.74. The second-order valence-corrected chi connectivity index (χ2v) is 19.2. The van der Waals surface area contributed by atoms with Gasteiger partial charge in [-0.15, -0.1) is 0 Å². The number of imidazole rings is 1. The molecule has 6 rings (SSSR count). The van der Waals surface area contributed by atoms with Crippen molar-refractivity contribution in [2.24, 2.45) is 0 Å². The van der Waals surface area contributed by atoms with E-state index >= 15 is 4.39 Å². The van der Waals surface area contributed by atoms with Crippen LogP contribution in [-0.2, 0) is 14.7 Å². The van der Waals surface area contributed by atoms with Crippen LogP contribution in [0.25, 0.3) is 11.2 Å². The van der Waals surface area contributed by atoms with E-state index in [2.05, 4.69) is 36.1 Å². The molecular weight excluding hydrogens is 654 g/mol. The summed E-state index contributed by atoms with van der Waals surface area (Å²) in [6, 6.07) is 27.4. The molecule has 1 aliphatic rings. The summed E-state index contributed by atoms with van der Waals surface area (Å²) in [6.45, 7) is 11.7. The topological polar surface area (TPSA) is 124 Å². The first kappa shape index (κ1) is 35.5. The fourth-order valence-corrected chi connectivity index (χ4v) is 7.83. The zero-order chi connectivity index (χ0) is 35.9. The maximum Gasteiger partial charge on any atom is 0.280 e. The Bertz CT molecular complexity index is 1940. The summed E-state index contributed by atoms with van der Waals surface area (Å²) < 4.78 is 36.7. The molecule has 0 bridgehead atoms. The third kappa shape index (κ3) is 6.04. The molecule has 4 atom stereocenters. The van der Waals surface area contributed by atoms with E-state index in [9.17, 15) is 9.90 Å². The number of aromatic amines is 1. The third-order valence-electron chi connectivity index (χ3n) is 10.5. The maximum atomic E-state index is 16.8. The van der Waals surface area contributed by atoms with E-state index in [0.717, 1.165) is 16.7 Å². The summed E-state index contributed by atoms with van der Waals surface area (Å²) in [7, 11) is -0.877. The van der Waals surface area contributed by atoms with Crippen LogP contribution in [0.2, 0.25) is 18.1 Å². The summed E-state index contributed by atoms with van der Waals surface area (Å²) in [5, 5.41) is 14.0. The average Bonchev–Trinajstić information content (AvgIpc) is 3.66. The lowest BCUT2D eigenvalue weighted by molar-refractivity contribution is -0.126. The molecule has 1 fully saturated rings. The minimum Gasteiger partial charge on any atom is -0.497 e. The molecule has 3 aromatic carbocycles. The number of fused-ring (bicyclic) bond motifs is 1. The van der Waals surface area contributed by atoms with Gasteiger partial charge in [-0.3, -0.25) is 14.3 Å². The van der Waals surface area contributed by atoms with E-state index in [1.165, 1.54) is 10.9 Å². The van der Waals surface area contributed by atoms with Crippen LogP contribution in [0.15, 0.2) is 96.1 Å². The molecule has 10 nitrogen and oxygen atoms in total. The number of hydrogen-bond acceptors (Lipinski definition) is 8. The number of ether oxygens (including phenoxy) is 2. The summed E-state index contributed by atoms with van der Waals surface area (Å²) in [5.74, 6) is 0.832. The van der Waals surface area contributed by atoms with Crippen molar-refractivity contribution >= 4 is 25.4 Å². The van der Waals surface area contributed by atoms with Crippen LogP contribution in [0, 0.1) is 0 Å². The number of halogens is 1. The lowest BCUT2D eigenvalue weighted by Gasteiger charge is -2.42. The number of nitrogens with one attached hydrogen (secondary N) is 2. The maximum absolute atomic E-state index is 16.8. The van der Waals surface area contributed by atoms with Gasteiger partial charge in [-0.1, -0.05) is 100 Å². The summed E-state index contributed by atoms with van der Waals surface area (Å²) >= 11 is 0. The second kappa shape index (κ2) is 13.4. The minimum atomic E-state index is -2.49. The van der Waals surface area contributed by atoms with Crippen LogP contribution < -0.4 is 15.6 Å². The number of H-pyrrole nitrogens is 1. The monoisotopic (exact) mass is 699 g/mol. The molecular formula is C38H46FN5O5Si. The van der Waals surface area contributed by atoms with Crippen molar-refractivity contribution in [2.75, 3.05) is 19.0 Å². The van der Waals surface area contributed by atoms with Crippen molar-refractivity contribution in [3.05, 3.63) is 118 Å². The SMILES string of the molecule is CC[C@]1(CO)O[C@@H](n2cnc3c(=O)[nH]c(NC(c4ccccc4)(c4ccccc4)c4ccc(OC)cc4)nc32)[C@@H](F)[C@@H]1O[Si](C)(C)C(C)(C)C. The Morgan fingerprint density at radius 2 is 1.58 bits per heavy atom. The molecule has 1 aliphatic heterocycles. The van der Waals surface area contributed by atoms with Gasteiger partial charge in [0.05, 0.1) is 20.0 Å². The zero-order valence-corrected chi connectivity index (χ0v) is 30.6. The third-order valence-corrected chi connectivity index (χ3v) is 14.9. The van der Waals surface area contributed by atoms with Crippen LogP contribution in [-0.4, -0.2) is 64.5 Å². The Labute approximate surface area is 292 Å². The van der Waals surface area contributed by atoms with Crippen molar-refractivity contribution in [3.8, 4) is 5.75 Å². The Kier molecular flexibility index (Phi) is 9.51. The van der Waals surface area contributed by atoms with Gasteiger partial charge in [-0.05, 0) is 53.4 Å². The van der Waals surface area contributed by atoms with E-state index in [0.29, 0.717) is 12.2 Å². The average molecular weight is 700 g/mol. The molecule has 0 aliphatic carbocycles. The van der Waals surface area contributed by atoms with E-state index in [1.54, 1.807) is 7.11 Å². The smallest absolute Gasteiger partial charge is 0.280 e. The highest BCUT2D eigenvalue weighted by Crippen LogP contribution is 2.48. The van der Waals surface area contributed by atoms with E-state index in [4.69, 9.17) is 18.9 Å². The van der Waals surface area contributed by atoms with Crippen LogP contribution in [0.4, 0.5) is 10.3 Å². The zero-order valence-electron chi connectivity index (χ0n) is 29.6. The molecule has 1 saturated heterocycles. The van der Waals surface area contributed by atoms with Crippen LogP contribution in [0.3, 0.4) is 0 Å². The van der Waals surface area contributed by atoms with Crippen LogP contribution >= 0.6 is 0 Å². The van der Waals surface area contributed by atoms with Gasteiger partial charge in [0.2, 0.25) is 5.95 Å². The van der Waals surface area contributed by atoms with Gasteiger partial charge in [-0.2, -0.15) is 4.98 Å². The number of benzene rings is 3. The highest BCUT2D eigenvalue weighted by Gasteiger charge is 2.59. The fourth-order valence-electron chi connectivity index (χ4n) is 6.50. The van der Waals surface area contributed by atoms with Crippen molar-refractivity contribution in [1.82, 2.24) is 19.5 Å². The number of anilines is 1. The van der Waals surface area contributed by atoms with Gasteiger partial charge in [0.25, 0.3) is 5.56 Å². The van der Waals surface area contributed by atoms with Crippen molar-refractivity contribution < 1.29 is 23.4 Å². The summed E-state index contributed by atoms with van der Waals surface area (Å²) in [5.41, 5.74) is -0.0584. The van der Waals surface area contributed by atoms with E-state index < -0.39 is 50.1 Å². The fraction of sp³-hybridized carbons (Fsp3) is 0.395. The first-order valence-electron chi connectivity index (χ1n) is 16.9. The molecule has 3 N–H and O–H groups in total. The molecule has 3 heterocycles. The predicted octanol–water partition coefficient (Wildman–Crippen LogP) is 6.93. The quantitative estimate of drug-likeness (QED) is 0.100.